The number of carbonyl (C=O) groups excluding carboxylic acids is 3. The van der Waals surface area contributed by atoms with Crippen molar-refractivity contribution in [3.8, 4) is 0 Å². The maximum absolute atomic E-state index is 16.5. The molecule has 112 heavy (non-hydrogen) atoms. The third-order valence-corrected chi connectivity index (χ3v) is 23.6. The molecule has 19 nitrogen and oxygen atoms in total. The zero-order chi connectivity index (χ0) is 78.8. The third-order valence-electron chi connectivity index (χ3n) is 19.4. The Morgan fingerprint density at radius 2 is 0.571 bits per heavy atom. The lowest BCUT2D eigenvalue weighted by molar-refractivity contribution is -0.202. The van der Waals surface area contributed by atoms with Crippen molar-refractivity contribution in [2.75, 3.05) is 13.2 Å². The van der Waals surface area contributed by atoms with E-state index < -0.39 is 97.6 Å². The van der Waals surface area contributed by atoms with Gasteiger partial charge in [0.05, 0.1) is 52.9 Å². The van der Waals surface area contributed by atoms with Crippen LogP contribution in [-0.4, -0.2) is 67.6 Å². The van der Waals surface area contributed by atoms with Gasteiger partial charge < -0.3 is 18.9 Å². The van der Waals surface area contributed by atoms with Crippen LogP contribution in [0, 0.1) is 0 Å². The van der Waals surface area contributed by atoms with Crippen molar-refractivity contribution in [1.82, 2.24) is 0 Å². The van der Waals surface area contributed by atoms with Crippen LogP contribution in [0.25, 0.3) is 0 Å². The molecule has 1 fully saturated rings. The molecule has 0 spiro atoms. The summed E-state index contributed by atoms with van der Waals surface area (Å²) in [6, 6.07) is 62.0. The number of hydrogen-bond donors (Lipinski definition) is 0. The van der Waals surface area contributed by atoms with E-state index in [1.807, 2.05) is 24.3 Å². The molecule has 8 rings (SSSR count). The van der Waals surface area contributed by atoms with E-state index in [1.54, 1.807) is 188 Å². The van der Waals surface area contributed by atoms with Crippen molar-refractivity contribution in [2.45, 2.75) is 277 Å². The maximum Gasteiger partial charge on any atom is 0.476 e. The second-order valence-electron chi connectivity index (χ2n) is 28.8. The molecule has 1 aliphatic carbocycles. The fourth-order valence-electron chi connectivity index (χ4n) is 13.0. The predicted molar refractivity (Wildman–Crippen MR) is 436 cm³/mol. The smallest absolute Gasteiger partial charge is 0.462 e. The first kappa shape index (κ1) is 90.9. The number of carbonyl (C=O) groups is 3. The van der Waals surface area contributed by atoms with Crippen molar-refractivity contribution in [3.05, 3.63) is 251 Å². The quantitative estimate of drug-likeness (QED) is 0.0196. The fraction of sp³-hybridized carbons (Fsp3) is 0.500. The molecule has 7 atom stereocenters. The summed E-state index contributed by atoms with van der Waals surface area (Å²) < 4.78 is 133. The van der Waals surface area contributed by atoms with Crippen LogP contribution in [0.3, 0.4) is 0 Å². The number of ether oxygens (including phenoxy) is 4. The lowest BCUT2D eigenvalue weighted by Gasteiger charge is -2.45. The Labute approximate surface area is 666 Å². The fourth-order valence-corrected chi connectivity index (χ4v) is 17.0. The van der Waals surface area contributed by atoms with Crippen LogP contribution in [0.5, 0.6) is 0 Å². The summed E-state index contributed by atoms with van der Waals surface area (Å²) in [6.07, 6.45) is 17.8. The van der Waals surface area contributed by atoms with Gasteiger partial charge in [0.15, 0.2) is 18.0 Å². The van der Waals surface area contributed by atoms with Gasteiger partial charge in [-0.2, -0.15) is 0 Å². The SMILES string of the molecule is CCCCCCCCCCCCCCCC(=O)OC[C@@H](COP(=O)(OCc1ccccc1)OC1C(=O)C(OCc2ccccc2)C(OP(=O)(OCc2ccccc2)OCc2ccccc2)C(OP(=O)(OCc2ccccc2)OCc2ccccc2)C1OCc1ccccc1)OC(=O)CCCCCCCCCCCCCCC. The van der Waals surface area contributed by atoms with Crippen LogP contribution in [-0.2, 0) is 134 Å². The first-order valence-electron chi connectivity index (χ1n) is 40.9. The molecule has 7 aromatic rings. The number of unbranched alkanes of at least 4 members (excludes halogenated alkanes) is 24. The number of esters is 2. The highest BCUT2D eigenvalue weighted by Gasteiger charge is 2.60. The number of benzene rings is 7. The summed E-state index contributed by atoms with van der Waals surface area (Å²) in [4.78, 5) is 44.3. The number of ketones is 1. The molecule has 1 aliphatic rings. The molecule has 7 aromatic carbocycles. The molecule has 0 bridgehead atoms. The van der Waals surface area contributed by atoms with Crippen LogP contribution >= 0.6 is 23.5 Å². The van der Waals surface area contributed by atoms with E-state index >= 15 is 18.5 Å². The molecule has 0 N–H and O–H groups in total. The Hall–Kier alpha value is -6.60. The number of Topliss-reactive ketones (excluding diaryl/α,β-unsaturated/α-hetero) is 1. The molecule has 6 unspecified atom stereocenters. The average molecular weight is 1600 g/mol. The highest BCUT2D eigenvalue weighted by molar-refractivity contribution is 7.49. The second kappa shape index (κ2) is 53.5. The highest BCUT2D eigenvalue weighted by Crippen LogP contribution is 2.60. The molecule has 0 radical (unpaired) electrons. The van der Waals surface area contributed by atoms with Gasteiger partial charge in [0.2, 0.25) is 0 Å². The third kappa shape index (κ3) is 36.1. The van der Waals surface area contributed by atoms with Gasteiger partial charge in [0, 0.05) is 12.8 Å². The van der Waals surface area contributed by atoms with Gasteiger partial charge in [-0.05, 0) is 51.8 Å². The van der Waals surface area contributed by atoms with Gasteiger partial charge in [0.1, 0.15) is 31.0 Å². The van der Waals surface area contributed by atoms with Gasteiger partial charge >= 0.3 is 35.4 Å². The van der Waals surface area contributed by atoms with Crippen molar-refractivity contribution in [3.63, 3.8) is 0 Å². The second-order valence-corrected chi connectivity index (χ2v) is 33.6. The van der Waals surface area contributed by atoms with Crippen molar-refractivity contribution >= 4 is 41.2 Å². The highest BCUT2D eigenvalue weighted by atomic mass is 31.2. The lowest BCUT2D eigenvalue weighted by Crippen LogP contribution is -2.64. The molecule has 0 amide bonds. The Balaban J connectivity index is 1.15. The predicted octanol–water partition coefficient (Wildman–Crippen LogP) is 23.7. The first-order valence-corrected chi connectivity index (χ1v) is 45.3. The van der Waals surface area contributed by atoms with E-state index in [2.05, 4.69) is 13.8 Å². The summed E-state index contributed by atoms with van der Waals surface area (Å²) in [5, 5.41) is 0. The van der Waals surface area contributed by atoms with E-state index in [9.17, 15) is 9.59 Å². The largest absolute Gasteiger partial charge is 0.476 e. The van der Waals surface area contributed by atoms with Gasteiger partial charge in [-0.15, -0.1) is 0 Å². The molecule has 0 saturated heterocycles. The summed E-state index contributed by atoms with van der Waals surface area (Å²) in [5.41, 5.74) is 3.93. The summed E-state index contributed by atoms with van der Waals surface area (Å²) in [6.45, 7) is 0.808. The zero-order valence-electron chi connectivity index (χ0n) is 65.9. The monoisotopic (exact) mass is 1600 g/mol. The molecule has 0 heterocycles. The van der Waals surface area contributed by atoms with Crippen LogP contribution in [0.15, 0.2) is 212 Å². The Kier molecular flexibility index (Phi) is 43.5. The molecular formula is C90H121O19P3. The topological polar surface area (TPSA) is 222 Å². The van der Waals surface area contributed by atoms with Crippen molar-refractivity contribution in [1.29, 1.82) is 0 Å². The Morgan fingerprint density at radius 1 is 0.295 bits per heavy atom. The van der Waals surface area contributed by atoms with E-state index in [1.165, 1.54) is 103 Å². The van der Waals surface area contributed by atoms with Crippen molar-refractivity contribution in [2.24, 2.45) is 0 Å². The molecular weight excluding hydrogens is 1480 g/mol. The maximum atomic E-state index is 16.5. The lowest BCUT2D eigenvalue weighted by atomic mass is 9.85. The van der Waals surface area contributed by atoms with Gasteiger partial charge in [-0.1, -0.05) is 380 Å². The van der Waals surface area contributed by atoms with Crippen LogP contribution in [0.4, 0.5) is 0 Å². The van der Waals surface area contributed by atoms with E-state index in [0.29, 0.717) is 51.8 Å². The summed E-state index contributed by atoms with van der Waals surface area (Å²) in [7, 11) is -15.5. The molecule has 0 aromatic heterocycles. The van der Waals surface area contributed by atoms with E-state index in [4.69, 9.17) is 59.7 Å². The van der Waals surface area contributed by atoms with Gasteiger partial charge in [0.25, 0.3) is 0 Å². The number of phosphoric ester groups is 3. The van der Waals surface area contributed by atoms with Crippen LogP contribution < -0.4 is 0 Å². The van der Waals surface area contributed by atoms with E-state index in [0.717, 1.165) is 51.4 Å². The van der Waals surface area contributed by atoms with E-state index in [-0.39, 0.29) is 52.5 Å². The minimum atomic E-state index is -5.32. The number of hydrogen-bond acceptors (Lipinski definition) is 19. The summed E-state index contributed by atoms with van der Waals surface area (Å²) in [5.74, 6) is -2.15. The number of phosphoric acid groups is 3. The van der Waals surface area contributed by atoms with Gasteiger partial charge in [-0.25, -0.2) is 13.7 Å². The summed E-state index contributed by atoms with van der Waals surface area (Å²) >= 11 is 0. The van der Waals surface area contributed by atoms with Crippen molar-refractivity contribution < 1.29 is 87.7 Å². The Bertz CT molecular complexity index is 3700. The average Bonchev–Trinajstić information content (AvgIpc) is 0.749. The first-order chi connectivity index (χ1) is 54.8. The molecule has 610 valence electrons. The minimum absolute atomic E-state index is 0.0430. The zero-order valence-corrected chi connectivity index (χ0v) is 68.6. The Morgan fingerprint density at radius 3 is 0.902 bits per heavy atom. The minimum Gasteiger partial charge on any atom is -0.462 e. The molecule has 22 heteroatoms. The van der Waals surface area contributed by atoms with Gasteiger partial charge in [-0.3, -0.25) is 55.1 Å². The molecule has 0 aliphatic heterocycles. The normalized spacial score (nSPS) is 16.7. The standard InChI is InChI=1S/C90H121O19P3/c1-3-5-7-9-11-13-15-17-19-21-23-25-48-64-83(91)97-73-82(106-84(92)65-49-26-24-22-20-18-16-14-12-10-8-6-4-2)74-105-112(96,104-72-81-62-46-33-47-63-81)107-87-85(93)86(98-66-75-50-34-27-35-51-75)89(108-110(94,100-68-77-54-38-29-39-55-77)101-69-78-56-40-30-41-57-78)90(88(87)99-67-76-52-36-28-37-53-76)109-111(95,102-70-79-58-42-31-43-59-79)103-71-80-60-44-32-45-61-80/h27-47,50-63,82,86-90H,3-26,48-49,64-74H2,1-2H3/t82-,86?,87?,88?,89?,90?,112?/m0/s1. The van der Waals surface area contributed by atoms with Crippen LogP contribution in [0.1, 0.15) is 233 Å². The molecule has 1 saturated carbocycles. The van der Waals surface area contributed by atoms with Crippen LogP contribution in [0.2, 0.25) is 0 Å². The number of rotatable bonds is 61.